The predicted molar refractivity (Wildman–Crippen MR) is 93.0 cm³/mol. The molecule has 0 fully saturated rings. The molecule has 2 aromatic carbocycles. The Morgan fingerprint density at radius 3 is 2.62 bits per heavy atom. The van der Waals surface area contributed by atoms with Crippen molar-refractivity contribution in [2.75, 3.05) is 4.72 Å². The van der Waals surface area contributed by atoms with Gasteiger partial charge in [0.25, 0.3) is 10.0 Å². The molecule has 0 unspecified atom stereocenters. The number of anilines is 1. The molecule has 124 valence electrons. The summed E-state index contributed by atoms with van der Waals surface area (Å²) in [5.74, 6) is 0. The molecule has 0 aliphatic carbocycles. The van der Waals surface area contributed by atoms with Crippen molar-refractivity contribution in [3.8, 4) is 5.69 Å². The average Bonchev–Trinajstić information content (AvgIpc) is 3.05. The van der Waals surface area contributed by atoms with Gasteiger partial charge in [0.2, 0.25) is 0 Å². The van der Waals surface area contributed by atoms with Crippen LogP contribution in [0, 0.1) is 0 Å². The molecule has 0 aliphatic heterocycles. The molecule has 0 aliphatic rings. The molecule has 1 N–H and O–H groups in total. The largest absolute Gasteiger partial charge is 0.277 e. The highest BCUT2D eigenvalue weighted by Crippen LogP contribution is 2.27. The van der Waals surface area contributed by atoms with Crippen molar-refractivity contribution in [2.45, 2.75) is 18.2 Å². The molecule has 1 heterocycles. The summed E-state index contributed by atoms with van der Waals surface area (Å²) >= 11 is 6.08. The summed E-state index contributed by atoms with van der Waals surface area (Å²) in [5.41, 5.74) is 1.75. The summed E-state index contributed by atoms with van der Waals surface area (Å²) in [7, 11) is -3.71. The molecule has 1 aromatic heterocycles. The van der Waals surface area contributed by atoms with Crippen LogP contribution in [0.15, 0.2) is 59.6 Å². The topological polar surface area (TPSA) is 76.9 Å². The molecule has 0 radical (unpaired) electrons. The fourth-order valence-corrected chi connectivity index (χ4v) is 3.53. The van der Waals surface area contributed by atoms with Gasteiger partial charge in [0.15, 0.2) is 0 Å². The molecule has 0 saturated heterocycles. The van der Waals surface area contributed by atoms with E-state index in [1.165, 1.54) is 12.1 Å². The molecular formula is C16H15ClN4O2S. The number of hydrogen-bond donors (Lipinski definition) is 1. The van der Waals surface area contributed by atoms with Crippen LogP contribution in [0.25, 0.3) is 5.69 Å². The van der Waals surface area contributed by atoms with Gasteiger partial charge in [0, 0.05) is 5.02 Å². The molecule has 3 rings (SSSR count). The molecular weight excluding hydrogens is 348 g/mol. The van der Waals surface area contributed by atoms with E-state index in [1.54, 1.807) is 47.3 Å². The minimum atomic E-state index is -3.71. The molecule has 24 heavy (non-hydrogen) atoms. The molecule has 6 nitrogen and oxygen atoms in total. The van der Waals surface area contributed by atoms with Crippen LogP contribution in [-0.4, -0.2) is 23.4 Å². The lowest BCUT2D eigenvalue weighted by Gasteiger charge is -2.14. The number of nitrogens with one attached hydrogen (secondary N) is 1. The van der Waals surface area contributed by atoms with Crippen molar-refractivity contribution in [2.24, 2.45) is 0 Å². The number of aromatic nitrogens is 3. The van der Waals surface area contributed by atoms with Gasteiger partial charge in [-0.1, -0.05) is 41.9 Å². The number of hydrogen-bond acceptors (Lipinski definition) is 4. The zero-order chi connectivity index (χ0) is 17.2. The van der Waals surface area contributed by atoms with E-state index in [0.717, 1.165) is 5.69 Å². The zero-order valence-electron chi connectivity index (χ0n) is 12.8. The molecule has 8 heteroatoms. The Hall–Kier alpha value is -2.38. The first kappa shape index (κ1) is 16.5. The maximum Gasteiger partial charge on any atom is 0.261 e. The number of aryl methyl sites for hydroxylation is 1. The van der Waals surface area contributed by atoms with Crippen molar-refractivity contribution in [3.63, 3.8) is 0 Å². The van der Waals surface area contributed by atoms with E-state index >= 15 is 0 Å². The predicted octanol–water partition coefficient (Wildman–Crippen LogP) is 3.28. The molecule has 0 bridgehead atoms. The van der Waals surface area contributed by atoms with Gasteiger partial charge >= 0.3 is 0 Å². The van der Waals surface area contributed by atoms with Crippen LogP contribution in [0.3, 0.4) is 0 Å². The number of halogens is 1. The van der Waals surface area contributed by atoms with Gasteiger partial charge < -0.3 is 0 Å². The highest BCUT2D eigenvalue weighted by molar-refractivity contribution is 7.92. The monoisotopic (exact) mass is 362 g/mol. The summed E-state index contributed by atoms with van der Waals surface area (Å²) in [6, 6.07) is 13.0. The van der Waals surface area contributed by atoms with Gasteiger partial charge in [-0.25, -0.2) is 13.1 Å². The van der Waals surface area contributed by atoms with Crippen LogP contribution in [0.1, 0.15) is 12.6 Å². The molecule has 0 saturated carbocycles. The van der Waals surface area contributed by atoms with Crippen LogP contribution < -0.4 is 4.72 Å². The van der Waals surface area contributed by atoms with Gasteiger partial charge in [-0.3, -0.25) is 4.72 Å². The van der Waals surface area contributed by atoms with E-state index in [1.807, 2.05) is 6.92 Å². The quantitative estimate of drug-likeness (QED) is 0.755. The number of nitrogens with zero attached hydrogens (tertiary/aromatic N) is 3. The highest BCUT2D eigenvalue weighted by Gasteiger charge is 2.18. The van der Waals surface area contributed by atoms with Gasteiger partial charge in [-0.15, -0.1) is 5.10 Å². The number of rotatable bonds is 5. The summed E-state index contributed by atoms with van der Waals surface area (Å²) < 4.78 is 29.3. The summed E-state index contributed by atoms with van der Waals surface area (Å²) in [4.78, 5) is 0.181. The first-order valence-electron chi connectivity index (χ1n) is 7.28. The van der Waals surface area contributed by atoms with Crippen LogP contribution in [0.2, 0.25) is 5.02 Å². The lowest BCUT2D eigenvalue weighted by Crippen LogP contribution is -2.15. The lowest BCUT2D eigenvalue weighted by atomic mass is 10.2. The SMILES string of the molecule is CCc1cnnn1-c1cc(Cl)ccc1NS(=O)(=O)c1ccccc1. The van der Waals surface area contributed by atoms with Crippen molar-refractivity contribution >= 4 is 27.3 Å². The van der Waals surface area contributed by atoms with E-state index < -0.39 is 10.0 Å². The van der Waals surface area contributed by atoms with Crippen molar-refractivity contribution < 1.29 is 8.42 Å². The summed E-state index contributed by atoms with van der Waals surface area (Å²) in [5, 5.41) is 8.40. The van der Waals surface area contributed by atoms with Gasteiger partial charge in [-0.2, -0.15) is 0 Å². The van der Waals surface area contributed by atoms with E-state index in [9.17, 15) is 8.42 Å². The van der Waals surface area contributed by atoms with Crippen LogP contribution >= 0.6 is 11.6 Å². The standard InChI is InChI=1S/C16H15ClN4O2S/c1-2-13-11-18-20-21(13)16-10-12(17)8-9-15(16)19-24(22,23)14-6-4-3-5-7-14/h3-11,19H,2H2,1H3. The van der Waals surface area contributed by atoms with Gasteiger partial charge in [0.1, 0.15) is 0 Å². The number of sulfonamides is 1. The smallest absolute Gasteiger partial charge is 0.261 e. The highest BCUT2D eigenvalue weighted by atomic mass is 35.5. The second kappa shape index (κ2) is 6.62. The zero-order valence-corrected chi connectivity index (χ0v) is 14.4. The maximum absolute atomic E-state index is 12.6. The minimum Gasteiger partial charge on any atom is -0.277 e. The molecule has 3 aromatic rings. The van der Waals surface area contributed by atoms with E-state index in [2.05, 4.69) is 15.0 Å². The summed E-state index contributed by atoms with van der Waals surface area (Å²) in [6.45, 7) is 1.97. The molecule has 0 atom stereocenters. The normalized spacial score (nSPS) is 11.4. The second-order valence-corrected chi connectivity index (χ2v) is 7.19. The maximum atomic E-state index is 12.6. The van der Waals surface area contributed by atoms with E-state index in [0.29, 0.717) is 22.8 Å². The fraction of sp³-hybridized carbons (Fsp3) is 0.125. The Labute approximate surface area is 145 Å². The minimum absolute atomic E-state index is 0.181. The van der Waals surface area contributed by atoms with Gasteiger partial charge in [0.05, 0.1) is 28.2 Å². The third-order valence-electron chi connectivity index (χ3n) is 3.47. The Kier molecular flexibility index (Phi) is 4.55. The number of benzene rings is 2. The van der Waals surface area contributed by atoms with E-state index in [-0.39, 0.29) is 4.90 Å². The third kappa shape index (κ3) is 3.27. The van der Waals surface area contributed by atoms with Crippen LogP contribution in [-0.2, 0) is 16.4 Å². The van der Waals surface area contributed by atoms with Crippen molar-refractivity contribution in [1.29, 1.82) is 0 Å². The van der Waals surface area contributed by atoms with E-state index in [4.69, 9.17) is 11.6 Å². The van der Waals surface area contributed by atoms with Crippen LogP contribution in [0.4, 0.5) is 5.69 Å². The van der Waals surface area contributed by atoms with Crippen molar-refractivity contribution in [3.05, 3.63) is 65.4 Å². The first-order valence-corrected chi connectivity index (χ1v) is 9.15. The molecule has 0 spiro atoms. The van der Waals surface area contributed by atoms with Gasteiger partial charge in [-0.05, 0) is 36.8 Å². The van der Waals surface area contributed by atoms with Crippen LogP contribution in [0.5, 0.6) is 0 Å². The average molecular weight is 363 g/mol. The summed E-state index contributed by atoms with van der Waals surface area (Å²) in [6.07, 6.45) is 2.33. The third-order valence-corrected chi connectivity index (χ3v) is 5.08. The lowest BCUT2D eigenvalue weighted by molar-refractivity contribution is 0.601. The Morgan fingerprint density at radius 2 is 1.92 bits per heavy atom. The fourth-order valence-electron chi connectivity index (χ4n) is 2.27. The first-order chi connectivity index (χ1) is 11.5. The Bertz CT molecular complexity index is 955. The second-order valence-electron chi connectivity index (χ2n) is 5.07. The Balaban J connectivity index is 2.07. The van der Waals surface area contributed by atoms with Crippen molar-refractivity contribution in [1.82, 2.24) is 15.0 Å². The Morgan fingerprint density at radius 1 is 1.17 bits per heavy atom. The molecule has 0 amide bonds.